The fourth-order valence-electron chi connectivity index (χ4n) is 2.72. The largest absolute Gasteiger partial charge is 0.396 e. The SMILES string of the molecule is Nc1nc(Cl)c2ncn([C@H]3C[C@@H](CO)[C@@H]3CO)c2n1. The van der Waals surface area contributed by atoms with Gasteiger partial charge in [-0.15, -0.1) is 0 Å². The molecule has 1 aliphatic carbocycles. The van der Waals surface area contributed by atoms with Gasteiger partial charge in [0.15, 0.2) is 10.8 Å². The zero-order chi connectivity index (χ0) is 13.6. The van der Waals surface area contributed by atoms with E-state index in [0.717, 1.165) is 6.42 Å². The molecular weight excluding hydrogens is 270 g/mol. The molecule has 0 unspecified atom stereocenters. The summed E-state index contributed by atoms with van der Waals surface area (Å²) in [5.41, 5.74) is 6.66. The van der Waals surface area contributed by atoms with Gasteiger partial charge in [0.25, 0.3) is 0 Å². The normalized spacial score (nSPS) is 26.6. The second-order valence-corrected chi connectivity index (χ2v) is 5.15. The van der Waals surface area contributed by atoms with E-state index in [1.165, 1.54) is 0 Å². The van der Waals surface area contributed by atoms with Crippen LogP contribution in [0.2, 0.25) is 5.15 Å². The van der Waals surface area contributed by atoms with Crippen LogP contribution >= 0.6 is 11.6 Å². The monoisotopic (exact) mass is 283 g/mol. The van der Waals surface area contributed by atoms with E-state index in [0.29, 0.717) is 11.2 Å². The van der Waals surface area contributed by atoms with Gasteiger partial charge in [-0.05, 0) is 12.3 Å². The van der Waals surface area contributed by atoms with Gasteiger partial charge in [0.05, 0.1) is 6.33 Å². The molecule has 1 saturated carbocycles. The van der Waals surface area contributed by atoms with Crippen molar-refractivity contribution in [2.75, 3.05) is 18.9 Å². The molecule has 19 heavy (non-hydrogen) atoms. The van der Waals surface area contributed by atoms with Crippen molar-refractivity contribution in [3.63, 3.8) is 0 Å². The van der Waals surface area contributed by atoms with Crippen molar-refractivity contribution in [1.82, 2.24) is 19.5 Å². The van der Waals surface area contributed by atoms with Crippen molar-refractivity contribution in [1.29, 1.82) is 0 Å². The number of nitrogen functional groups attached to an aromatic ring is 1. The summed E-state index contributed by atoms with van der Waals surface area (Å²) in [5, 5.41) is 18.8. The number of hydrogen-bond donors (Lipinski definition) is 3. The van der Waals surface area contributed by atoms with Crippen LogP contribution < -0.4 is 5.73 Å². The number of halogens is 1. The van der Waals surface area contributed by atoms with E-state index in [1.54, 1.807) is 6.33 Å². The maximum atomic E-state index is 9.41. The Hall–Kier alpha value is -1.44. The number of aliphatic hydroxyl groups is 2. The third-order valence-corrected chi connectivity index (χ3v) is 4.11. The standard InChI is InChI=1S/C11H14ClN5O2/c12-9-8-10(16-11(13)15-9)17(4-14-8)7-1-5(2-18)6(7)3-19/h4-7,18-19H,1-3H2,(H2,13,15,16)/t5-,6-,7-/m0/s1. The average Bonchev–Trinajstić information content (AvgIpc) is 2.73. The van der Waals surface area contributed by atoms with Crippen LogP contribution in [0.25, 0.3) is 11.2 Å². The molecule has 4 N–H and O–H groups in total. The number of fused-ring (bicyclic) bond motifs is 1. The number of nitrogens with two attached hydrogens (primary N) is 1. The second kappa shape index (κ2) is 4.59. The van der Waals surface area contributed by atoms with Crippen LogP contribution in [0.4, 0.5) is 5.95 Å². The molecule has 0 spiro atoms. The Morgan fingerprint density at radius 1 is 1.37 bits per heavy atom. The van der Waals surface area contributed by atoms with Crippen LogP contribution in [0.3, 0.4) is 0 Å². The van der Waals surface area contributed by atoms with Crippen molar-refractivity contribution in [3.05, 3.63) is 11.5 Å². The van der Waals surface area contributed by atoms with E-state index in [-0.39, 0.29) is 42.2 Å². The van der Waals surface area contributed by atoms with Crippen molar-refractivity contribution in [2.45, 2.75) is 12.5 Å². The molecule has 0 aliphatic heterocycles. The summed E-state index contributed by atoms with van der Waals surface area (Å²) >= 11 is 5.97. The summed E-state index contributed by atoms with van der Waals surface area (Å²) in [4.78, 5) is 12.2. The maximum Gasteiger partial charge on any atom is 0.223 e. The first kappa shape index (κ1) is 12.6. The van der Waals surface area contributed by atoms with Crippen molar-refractivity contribution in [2.24, 2.45) is 11.8 Å². The van der Waals surface area contributed by atoms with Gasteiger partial charge in [0, 0.05) is 25.2 Å². The smallest absolute Gasteiger partial charge is 0.223 e. The third-order valence-electron chi connectivity index (χ3n) is 3.84. The second-order valence-electron chi connectivity index (χ2n) is 4.79. The zero-order valence-corrected chi connectivity index (χ0v) is 10.8. The molecule has 0 aromatic carbocycles. The summed E-state index contributed by atoms with van der Waals surface area (Å²) in [5.74, 6) is 0.206. The number of aromatic nitrogens is 4. The van der Waals surface area contributed by atoms with Crippen LogP contribution in [0.5, 0.6) is 0 Å². The minimum absolute atomic E-state index is 0.00244. The number of hydrogen-bond acceptors (Lipinski definition) is 6. The molecule has 1 fully saturated rings. The maximum absolute atomic E-state index is 9.41. The van der Waals surface area contributed by atoms with Crippen LogP contribution in [-0.4, -0.2) is 42.9 Å². The van der Waals surface area contributed by atoms with Gasteiger partial charge in [-0.25, -0.2) is 4.98 Å². The molecule has 8 heteroatoms. The highest BCUT2D eigenvalue weighted by atomic mass is 35.5. The molecule has 0 radical (unpaired) electrons. The predicted molar refractivity (Wildman–Crippen MR) is 69.6 cm³/mol. The molecule has 3 atom stereocenters. The first-order valence-electron chi connectivity index (χ1n) is 6.03. The van der Waals surface area contributed by atoms with Crippen LogP contribution in [0.1, 0.15) is 12.5 Å². The Kier molecular flexibility index (Phi) is 3.04. The Morgan fingerprint density at radius 3 is 2.84 bits per heavy atom. The lowest BCUT2D eigenvalue weighted by molar-refractivity contribution is -0.00528. The van der Waals surface area contributed by atoms with E-state index < -0.39 is 0 Å². The predicted octanol–water partition coefficient (Wildman–Crippen LogP) is 0.224. The van der Waals surface area contributed by atoms with Gasteiger partial charge in [-0.2, -0.15) is 9.97 Å². The van der Waals surface area contributed by atoms with Gasteiger partial charge in [0.2, 0.25) is 5.95 Å². The molecule has 2 aromatic heterocycles. The average molecular weight is 284 g/mol. The minimum Gasteiger partial charge on any atom is -0.396 e. The number of anilines is 1. The Morgan fingerprint density at radius 2 is 2.16 bits per heavy atom. The topological polar surface area (TPSA) is 110 Å². The summed E-state index contributed by atoms with van der Waals surface area (Å²) in [6, 6.07) is 0.0533. The Labute approximate surface area is 114 Å². The number of imidazole rings is 1. The molecule has 102 valence electrons. The number of aliphatic hydroxyl groups excluding tert-OH is 2. The summed E-state index contributed by atoms with van der Waals surface area (Å²) in [6.07, 6.45) is 2.40. The highest BCUT2D eigenvalue weighted by Crippen LogP contribution is 2.44. The third kappa shape index (κ3) is 1.85. The Bertz CT molecular complexity index is 616. The van der Waals surface area contributed by atoms with Crippen LogP contribution in [0.15, 0.2) is 6.33 Å². The van der Waals surface area contributed by atoms with E-state index >= 15 is 0 Å². The van der Waals surface area contributed by atoms with E-state index in [1.807, 2.05) is 4.57 Å². The fourth-order valence-corrected chi connectivity index (χ4v) is 2.94. The highest BCUT2D eigenvalue weighted by molar-refractivity contribution is 6.33. The van der Waals surface area contributed by atoms with E-state index in [2.05, 4.69) is 15.0 Å². The Balaban J connectivity index is 2.02. The fraction of sp³-hybridized carbons (Fsp3) is 0.545. The summed E-state index contributed by atoms with van der Waals surface area (Å²) < 4.78 is 1.85. The van der Waals surface area contributed by atoms with Crippen LogP contribution in [-0.2, 0) is 0 Å². The van der Waals surface area contributed by atoms with E-state index in [9.17, 15) is 10.2 Å². The van der Waals surface area contributed by atoms with Gasteiger partial charge in [0.1, 0.15) is 5.52 Å². The molecule has 2 aromatic rings. The molecule has 3 rings (SSSR count). The van der Waals surface area contributed by atoms with Crippen molar-refractivity contribution < 1.29 is 10.2 Å². The number of rotatable bonds is 3. The first-order valence-corrected chi connectivity index (χ1v) is 6.40. The molecule has 0 bridgehead atoms. The highest BCUT2D eigenvalue weighted by Gasteiger charge is 2.42. The van der Waals surface area contributed by atoms with Crippen LogP contribution in [0, 0.1) is 11.8 Å². The molecule has 0 amide bonds. The summed E-state index contributed by atoms with van der Waals surface area (Å²) in [6.45, 7) is 0.0934. The quantitative estimate of drug-likeness (QED) is 0.695. The van der Waals surface area contributed by atoms with Gasteiger partial charge in [-0.3, -0.25) is 0 Å². The molecular formula is C11H14ClN5O2. The lowest BCUT2D eigenvalue weighted by atomic mass is 9.70. The van der Waals surface area contributed by atoms with Gasteiger partial charge < -0.3 is 20.5 Å². The molecule has 0 saturated heterocycles. The van der Waals surface area contributed by atoms with E-state index in [4.69, 9.17) is 17.3 Å². The molecule has 2 heterocycles. The van der Waals surface area contributed by atoms with Gasteiger partial charge in [-0.1, -0.05) is 11.6 Å². The number of nitrogens with zero attached hydrogens (tertiary/aromatic N) is 4. The lowest BCUT2D eigenvalue weighted by Gasteiger charge is -2.43. The first-order chi connectivity index (χ1) is 9.15. The van der Waals surface area contributed by atoms with Crippen molar-refractivity contribution in [3.8, 4) is 0 Å². The lowest BCUT2D eigenvalue weighted by Crippen LogP contribution is -2.42. The minimum atomic E-state index is -0.00244. The van der Waals surface area contributed by atoms with Gasteiger partial charge >= 0.3 is 0 Å². The summed E-state index contributed by atoms with van der Waals surface area (Å²) in [7, 11) is 0. The molecule has 1 aliphatic rings. The molecule has 7 nitrogen and oxygen atoms in total. The zero-order valence-electron chi connectivity index (χ0n) is 10.1. The van der Waals surface area contributed by atoms with Crippen molar-refractivity contribution >= 4 is 28.7 Å².